The average molecular weight is 295 g/mol. The Kier molecular flexibility index (Phi) is 4.11. The smallest absolute Gasteiger partial charge is 0.308 e. The molecule has 0 bridgehead atoms. The molecule has 2 amide bonds. The molecule has 0 aliphatic heterocycles. The van der Waals surface area contributed by atoms with E-state index < -0.39 is 17.8 Å². The molecule has 1 heterocycles. The summed E-state index contributed by atoms with van der Waals surface area (Å²) < 4.78 is 37.2. The molecule has 0 aliphatic carbocycles. The number of alkyl halides is 3. The van der Waals surface area contributed by atoms with E-state index in [-0.39, 0.29) is 5.69 Å². The van der Waals surface area contributed by atoms with Gasteiger partial charge in [0.25, 0.3) is 0 Å². The fraction of sp³-hybridized carbons (Fsp3) is 0.143. The largest absolute Gasteiger partial charge is 0.416 e. The van der Waals surface area contributed by atoms with Crippen LogP contribution in [0.15, 0.2) is 42.6 Å². The van der Waals surface area contributed by atoms with Crippen LogP contribution in [0.25, 0.3) is 0 Å². The average Bonchev–Trinajstić information content (AvgIpc) is 2.41. The Hall–Kier alpha value is -2.57. The van der Waals surface area contributed by atoms with Crippen molar-refractivity contribution in [2.24, 2.45) is 0 Å². The Balaban J connectivity index is 1.98. The number of carbonyl (C=O) groups excluding carboxylic acids is 1. The van der Waals surface area contributed by atoms with Gasteiger partial charge < -0.3 is 10.6 Å². The molecular weight excluding hydrogens is 283 g/mol. The summed E-state index contributed by atoms with van der Waals surface area (Å²) in [5, 5.41) is 4.97. The van der Waals surface area contributed by atoms with Crippen LogP contribution < -0.4 is 10.6 Å². The van der Waals surface area contributed by atoms with Crippen LogP contribution in [0.3, 0.4) is 0 Å². The molecule has 0 atom stereocenters. The number of hydrogen-bond donors (Lipinski definition) is 2. The van der Waals surface area contributed by atoms with Gasteiger partial charge in [0.05, 0.1) is 17.4 Å². The number of aromatic nitrogens is 1. The minimum atomic E-state index is -4.39. The van der Waals surface area contributed by atoms with E-state index in [1.54, 1.807) is 12.1 Å². The summed E-state index contributed by atoms with van der Waals surface area (Å²) in [7, 11) is 0. The molecule has 0 aliphatic rings. The Morgan fingerprint density at radius 3 is 2.10 bits per heavy atom. The summed E-state index contributed by atoms with van der Waals surface area (Å²) in [6, 6.07) is 7.04. The number of anilines is 2. The molecule has 21 heavy (non-hydrogen) atoms. The van der Waals surface area contributed by atoms with Gasteiger partial charge in [-0.05, 0) is 43.3 Å². The summed E-state index contributed by atoms with van der Waals surface area (Å²) in [5.74, 6) is 0. The topological polar surface area (TPSA) is 54.0 Å². The first-order valence-electron chi connectivity index (χ1n) is 6.02. The second-order valence-corrected chi connectivity index (χ2v) is 4.34. The molecule has 0 unspecified atom stereocenters. The van der Waals surface area contributed by atoms with Crippen molar-refractivity contribution in [3.05, 3.63) is 53.9 Å². The van der Waals surface area contributed by atoms with E-state index in [2.05, 4.69) is 15.6 Å². The second kappa shape index (κ2) is 5.82. The zero-order valence-corrected chi connectivity index (χ0v) is 11.0. The number of pyridine rings is 1. The normalized spacial score (nSPS) is 11.0. The molecule has 0 spiro atoms. The van der Waals surface area contributed by atoms with Crippen molar-refractivity contribution in [3.8, 4) is 0 Å². The highest BCUT2D eigenvalue weighted by Gasteiger charge is 2.29. The highest BCUT2D eigenvalue weighted by atomic mass is 19.4. The number of amides is 2. The highest BCUT2D eigenvalue weighted by Crippen LogP contribution is 2.29. The summed E-state index contributed by atoms with van der Waals surface area (Å²) in [5.41, 5.74) is 0.797. The van der Waals surface area contributed by atoms with Crippen molar-refractivity contribution in [1.29, 1.82) is 0 Å². The zero-order valence-electron chi connectivity index (χ0n) is 11.0. The van der Waals surface area contributed by atoms with Gasteiger partial charge >= 0.3 is 12.2 Å². The van der Waals surface area contributed by atoms with Crippen molar-refractivity contribution >= 4 is 17.4 Å². The summed E-state index contributed by atoms with van der Waals surface area (Å²) >= 11 is 0. The van der Waals surface area contributed by atoms with Gasteiger partial charge in [0.1, 0.15) is 0 Å². The van der Waals surface area contributed by atoms with E-state index in [9.17, 15) is 18.0 Å². The Morgan fingerprint density at radius 1 is 1.00 bits per heavy atom. The van der Waals surface area contributed by atoms with Crippen molar-refractivity contribution in [2.45, 2.75) is 13.1 Å². The maximum Gasteiger partial charge on any atom is 0.416 e. The van der Waals surface area contributed by atoms with Crippen molar-refractivity contribution in [3.63, 3.8) is 0 Å². The van der Waals surface area contributed by atoms with Gasteiger partial charge in [0.15, 0.2) is 0 Å². The molecule has 1 aromatic carbocycles. The number of rotatable bonds is 2. The lowest BCUT2D eigenvalue weighted by Gasteiger charge is -2.09. The van der Waals surface area contributed by atoms with Crippen LogP contribution >= 0.6 is 0 Å². The number of nitrogens with zero attached hydrogens (tertiary/aromatic N) is 1. The minimum absolute atomic E-state index is 0.264. The van der Waals surface area contributed by atoms with Gasteiger partial charge in [-0.2, -0.15) is 13.2 Å². The molecule has 0 saturated carbocycles. The number of benzene rings is 1. The van der Waals surface area contributed by atoms with E-state index in [1.807, 2.05) is 6.92 Å². The quantitative estimate of drug-likeness (QED) is 0.878. The van der Waals surface area contributed by atoms with E-state index in [1.165, 1.54) is 18.3 Å². The Labute approximate surface area is 119 Å². The van der Waals surface area contributed by atoms with E-state index in [4.69, 9.17) is 0 Å². The first kappa shape index (κ1) is 14.8. The molecular formula is C14H12F3N3O. The predicted molar refractivity (Wildman–Crippen MR) is 73.1 cm³/mol. The molecule has 2 N–H and O–H groups in total. The number of carbonyl (C=O) groups is 1. The van der Waals surface area contributed by atoms with Gasteiger partial charge in [0, 0.05) is 11.4 Å². The van der Waals surface area contributed by atoms with Crippen LogP contribution in [0.5, 0.6) is 0 Å². The van der Waals surface area contributed by atoms with Crippen LogP contribution in [0, 0.1) is 6.92 Å². The van der Waals surface area contributed by atoms with Crippen LogP contribution in [-0.4, -0.2) is 11.0 Å². The maximum atomic E-state index is 12.4. The number of nitrogens with one attached hydrogen (secondary N) is 2. The molecule has 0 saturated heterocycles. The fourth-order valence-electron chi connectivity index (χ4n) is 1.58. The number of urea groups is 1. The third-order valence-corrected chi connectivity index (χ3v) is 2.64. The second-order valence-electron chi connectivity index (χ2n) is 4.34. The van der Waals surface area contributed by atoms with Crippen LogP contribution in [-0.2, 0) is 6.18 Å². The Morgan fingerprint density at radius 2 is 1.57 bits per heavy atom. The number of halogens is 3. The van der Waals surface area contributed by atoms with Gasteiger partial charge in [-0.25, -0.2) is 4.79 Å². The monoisotopic (exact) mass is 295 g/mol. The standard InChI is InChI=1S/C14H12F3N3O/c1-9-2-5-12(8-18-9)20-13(21)19-11-6-3-10(4-7-11)14(15,16)17/h2-8H,1H3,(H2,19,20,21). The zero-order chi connectivity index (χ0) is 15.5. The molecule has 7 heteroatoms. The minimum Gasteiger partial charge on any atom is -0.308 e. The SMILES string of the molecule is Cc1ccc(NC(=O)Nc2ccc(C(F)(F)F)cc2)cn1. The maximum absolute atomic E-state index is 12.4. The Bertz CT molecular complexity index is 621. The van der Waals surface area contributed by atoms with Gasteiger partial charge in [-0.3, -0.25) is 4.98 Å². The highest BCUT2D eigenvalue weighted by molar-refractivity contribution is 5.99. The third kappa shape index (κ3) is 4.20. The molecule has 4 nitrogen and oxygen atoms in total. The third-order valence-electron chi connectivity index (χ3n) is 2.64. The van der Waals surface area contributed by atoms with Crippen molar-refractivity contribution in [1.82, 2.24) is 4.98 Å². The van der Waals surface area contributed by atoms with Crippen molar-refractivity contribution < 1.29 is 18.0 Å². The summed E-state index contributed by atoms with van der Waals surface area (Å²) in [4.78, 5) is 15.7. The van der Waals surface area contributed by atoms with Crippen LogP contribution in [0.4, 0.5) is 29.3 Å². The molecule has 0 radical (unpaired) electrons. The lowest BCUT2D eigenvalue weighted by Crippen LogP contribution is -2.19. The first-order valence-corrected chi connectivity index (χ1v) is 6.02. The lowest BCUT2D eigenvalue weighted by atomic mass is 10.2. The fourth-order valence-corrected chi connectivity index (χ4v) is 1.58. The van der Waals surface area contributed by atoms with E-state index in [0.717, 1.165) is 17.8 Å². The summed E-state index contributed by atoms with van der Waals surface area (Å²) in [6.45, 7) is 1.81. The van der Waals surface area contributed by atoms with Crippen molar-refractivity contribution in [2.75, 3.05) is 10.6 Å². The molecule has 0 fully saturated rings. The summed E-state index contributed by atoms with van der Waals surface area (Å²) in [6.07, 6.45) is -2.91. The van der Waals surface area contributed by atoms with Crippen LogP contribution in [0.2, 0.25) is 0 Å². The van der Waals surface area contributed by atoms with Gasteiger partial charge in [-0.1, -0.05) is 0 Å². The number of aryl methyl sites for hydroxylation is 1. The van der Waals surface area contributed by atoms with E-state index in [0.29, 0.717) is 5.69 Å². The van der Waals surface area contributed by atoms with Crippen LogP contribution in [0.1, 0.15) is 11.3 Å². The van der Waals surface area contributed by atoms with Gasteiger partial charge in [-0.15, -0.1) is 0 Å². The van der Waals surface area contributed by atoms with E-state index >= 15 is 0 Å². The molecule has 2 rings (SSSR count). The number of hydrogen-bond acceptors (Lipinski definition) is 2. The molecule has 1 aromatic heterocycles. The lowest BCUT2D eigenvalue weighted by molar-refractivity contribution is -0.137. The molecule has 110 valence electrons. The predicted octanol–water partition coefficient (Wildman–Crippen LogP) is 4.05. The van der Waals surface area contributed by atoms with Gasteiger partial charge in [0.2, 0.25) is 0 Å². The molecule has 2 aromatic rings. The first-order chi connectivity index (χ1) is 9.84.